The van der Waals surface area contributed by atoms with Crippen molar-refractivity contribution in [1.82, 2.24) is 5.32 Å². The molecule has 19 heavy (non-hydrogen) atoms. The van der Waals surface area contributed by atoms with E-state index in [0.29, 0.717) is 5.56 Å². The van der Waals surface area contributed by atoms with Crippen molar-refractivity contribution >= 4 is 21.8 Å². The van der Waals surface area contributed by atoms with Crippen molar-refractivity contribution in [2.24, 2.45) is 5.41 Å². The Balaban J connectivity index is 1.64. The second-order valence-corrected chi connectivity index (χ2v) is 6.47. The normalized spacial score (nSPS) is 32.2. The minimum absolute atomic E-state index is 0.0196. The molecule has 2 nitrogen and oxygen atoms in total. The Bertz CT molecular complexity index is 518. The van der Waals surface area contributed by atoms with Gasteiger partial charge in [-0.05, 0) is 43.5 Å². The van der Waals surface area contributed by atoms with Gasteiger partial charge < -0.3 is 5.32 Å². The first-order valence-corrected chi connectivity index (χ1v) is 6.70. The average molecular weight is 334 g/mol. The second kappa shape index (κ2) is 3.75. The maximum atomic E-state index is 12.7. The van der Waals surface area contributed by atoms with Crippen molar-refractivity contribution in [1.29, 1.82) is 0 Å². The third-order valence-corrected chi connectivity index (χ3v) is 4.65. The van der Waals surface area contributed by atoms with E-state index in [-0.39, 0.29) is 25.2 Å². The lowest BCUT2D eigenvalue weighted by molar-refractivity contribution is -0.336. The molecule has 3 aliphatic rings. The Hall–Kier alpha value is -1.04. The minimum atomic E-state index is -4.14. The maximum Gasteiger partial charge on any atom is 0.394 e. The van der Waals surface area contributed by atoms with Gasteiger partial charge >= 0.3 is 6.18 Å². The van der Waals surface area contributed by atoms with Crippen molar-refractivity contribution in [2.45, 2.75) is 31.0 Å². The van der Waals surface area contributed by atoms with Gasteiger partial charge in [-0.1, -0.05) is 15.9 Å². The topological polar surface area (TPSA) is 29.1 Å². The van der Waals surface area contributed by atoms with Crippen LogP contribution in [0.25, 0.3) is 0 Å². The van der Waals surface area contributed by atoms with Crippen molar-refractivity contribution in [2.75, 3.05) is 0 Å². The number of carbonyl (C=O) groups is 1. The predicted octanol–water partition coefficient (Wildman–Crippen LogP) is 3.66. The van der Waals surface area contributed by atoms with Gasteiger partial charge in [0.25, 0.3) is 5.91 Å². The minimum Gasteiger partial charge on any atom is -0.347 e. The molecule has 0 atom stereocenters. The molecule has 2 bridgehead atoms. The number of hydrogen-bond donors (Lipinski definition) is 1. The molecule has 0 spiro atoms. The number of hydrogen-bond acceptors (Lipinski definition) is 1. The molecule has 1 aromatic carbocycles. The predicted molar refractivity (Wildman–Crippen MR) is 66.7 cm³/mol. The Morgan fingerprint density at radius 3 is 2.16 bits per heavy atom. The molecular formula is C13H11BrF3NO. The fourth-order valence-corrected chi connectivity index (χ4v) is 3.40. The zero-order chi connectivity index (χ0) is 13.9. The Morgan fingerprint density at radius 1 is 1.16 bits per heavy atom. The molecular weight excluding hydrogens is 323 g/mol. The molecule has 0 radical (unpaired) electrons. The van der Waals surface area contributed by atoms with E-state index in [9.17, 15) is 18.0 Å². The highest BCUT2D eigenvalue weighted by Crippen LogP contribution is 2.73. The SMILES string of the molecule is O=C(NC12CC(C(F)(F)F)(C1)C2)c1ccc(Br)cc1. The molecule has 0 aromatic heterocycles. The highest BCUT2D eigenvalue weighted by atomic mass is 79.9. The Kier molecular flexibility index (Phi) is 2.56. The third-order valence-electron chi connectivity index (χ3n) is 4.12. The first-order chi connectivity index (χ1) is 8.75. The molecule has 1 N–H and O–H groups in total. The van der Waals surface area contributed by atoms with Gasteiger partial charge in [-0.25, -0.2) is 0 Å². The van der Waals surface area contributed by atoms with Crippen LogP contribution in [0.15, 0.2) is 28.7 Å². The lowest BCUT2D eigenvalue weighted by Gasteiger charge is -2.70. The summed E-state index contributed by atoms with van der Waals surface area (Å²) in [4.78, 5) is 11.9. The van der Waals surface area contributed by atoms with Gasteiger partial charge in [-0.2, -0.15) is 13.2 Å². The van der Waals surface area contributed by atoms with Gasteiger partial charge in [-0.3, -0.25) is 4.79 Å². The van der Waals surface area contributed by atoms with Crippen LogP contribution in [0.5, 0.6) is 0 Å². The summed E-state index contributed by atoms with van der Waals surface area (Å²) < 4.78 is 38.9. The number of nitrogens with one attached hydrogen (secondary N) is 1. The Labute approximate surface area is 116 Å². The van der Waals surface area contributed by atoms with Crippen LogP contribution >= 0.6 is 15.9 Å². The van der Waals surface area contributed by atoms with Gasteiger partial charge in [0.1, 0.15) is 0 Å². The Morgan fingerprint density at radius 2 is 1.68 bits per heavy atom. The number of carbonyl (C=O) groups excluding carboxylic acids is 1. The van der Waals surface area contributed by atoms with E-state index < -0.39 is 17.1 Å². The summed E-state index contributed by atoms with van der Waals surface area (Å²) in [5, 5.41) is 2.74. The van der Waals surface area contributed by atoms with Crippen LogP contribution in [-0.2, 0) is 0 Å². The average Bonchev–Trinajstić information content (AvgIpc) is 2.20. The number of halogens is 4. The first kappa shape index (κ1) is 13.0. The molecule has 6 heteroatoms. The van der Waals surface area contributed by atoms with E-state index in [4.69, 9.17) is 0 Å². The van der Waals surface area contributed by atoms with Crippen molar-refractivity contribution < 1.29 is 18.0 Å². The molecule has 3 fully saturated rings. The van der Waals surface area contributed by atoms with Crippen molar-refractivity contribution in [3.05, 3.63) is 34.3 Å². The summed E-state index contributed by atoms with van der Waals surface area (Å²) >= 11 is 3.26. The standard InChI is InChI=1S/C13H11BrF3NO/c14-9-3-1-8(2-4-9)10(19)18-12-5-11(6-12,7-12)13(15,16)17/h1-4H,5-7H2,(H,18,19). The largest absolute Gasteiger partial charge is 0.394 e. The lowest BCUT2D eigenvalue weighted by Crippen LogP contribution is -2.78. The van der Waals surface area contributed by atoms with Gasteiger partial charge in [0.05, 0.1) is 5.41 Å². The summed E-state index contributed by atoms with van der Waals surface area (Å²) in [7, 11) is 0. The zero-order valence-corrected chi connectivity index (χ0v) is 11.4. The molecule has 3 saturated carbocycles. The molecule has 3 aliphatic carbocycles. The number of alkyl halides is 3. The number of rotatable bonds is 2. The molecule has 0 aliphatic heterocycles. The molecule has 1 amide bonds. The van der Waals surface area contributed by atoms with Gasteiger partial charge in [0.2, 0.25) is 0 Å². The highest BCUT2D eigenvalue weighted by molar-refractivity contribution is 9.10. The van der Waals surface area contributed by atoms with E-state index in [1.54, 1.807) is 24.3 Å². The monoisotopic (exact) mass is 333 g/mol. The summed E-state index contributed by atoms with van der Waals surface area (Å²) in [6.45, 7) is 0. The fraction of sp³-hybridized carbons (Fsp3) is 0.462. The molecule has 0 saturated heterocycles. The van der Waals surface area contributed by atoms with E-state index in [1.807, 2.05) is 0 Å². The van der Waals surface area contributed by atoms with Crippen LogP contribution in [0, 0.1) is 5.41 Å². The maximum absolute atomic E-state index is 12.7. The van der Waals surface area contributed by atoms with Crippen LogP contribution in [0.4, 0.5) is 13.2 Å². The van der Waals surface area contributed by atoms with Crippen LogP contribution in [0.1, 0.15) is 29.6 Å². The van der Waals surface area contributed by atoms with Gasteiger partial charge in [0.15, 0.2) is 0 Å². The van der Waals surface area contributed by atoms with Crippen molar-refractivity contribution in [3.63, 3.8) is 0 Å². The van der Waals surface area contributed by atoms with Gasteiger partial charge in [-0.15, -0.1) is 0 Å². The lowest BCUT2D eigenvalue weighted by atomic mass is 9.39. The van der Waals surface area contributed by atoms with E-state index >= 15 is 0 Å². The highest BCUT2D eigenvalue weighted by Gasteiger charge is 2.78. The molecule has 1 aromatic rings. The molecule has 0 heterocycles. The zero-order valence-electron chi connectivity index (χ0n) is 9.85. The van der Waals surface area contributed by atoms with E-state index in [1.165, 1.54) is 0 Å². The third kappa shape index (κ3) is 1.88. The number of benzene rings is 1. The van der Waals surface area contributed by atoms with E-state index in [0.717, 1.165) is 4.47 Å². The summed E-state index contributed by atoms with van der Waals surface area (Å²) in [6, 6.07) is 6.75. The van der Waals surface area contributed by atoms with Gasteiger partial charge in [0, 0.05) is 15.6 Å². The summed E-state index contributed by atoms with van der Waals surface area (Å²) in [5.74, 6) is -0.303. The van der Waals surface area contributed by atoms with Crippen LogP contribution < -0.4 is 5.32 Å². The van der Waals surface area contributed by atoms with Crippen molar-refractivity contribution in [3.8, 4) is 0 Å². The second-order valence-electron chi connectivity index (χ2n) is 5.55. The molecule has 0 unspecified atom stereocenters. The first-order valence-electron chi connectivity index (χ1n) is 5.90. The molecule has 102 valence electrons. The van der Waals surface area contributed by atoms with Crippen LogP contribution in [-0.4, -0.2) is 17.6 Å². The smallest absolute Gasteiger partial charge is 0.347 e. The number of amides is 1. The van der Waals surface area contributed by atoms with Crippen LogP contribution in [0.2, 0.25) is 0 Å². The quantitative estimate of drug-likeness (QED) is 0.879. The summed E-state index contributed by atoms with van der Waals surface area (Å²) in [5.41, 5.74) is -1.69. The van der Waals surface area contributed by atoms with Crippen LogP contribution in [0.3, 0.4) is 0 Å². The van der Waals surface area contributed by atoms with E-state index in [2.05, 4.69) is 21.2 Å². The molecule has 4 rings (SSSR count). The fourth-order valence-electron chi connectivity index (χ4n) is 3.14. The summed E-state index contributed by atoms with van der Waals surface area (Å²) in [6.07, 6.45) is -4.08.